The number of anilines is 1. The molecule has 0 aliphatic rings. The van der Waals surface area contributed by atoms with Crippen molar-refractivity contribution in [2.24, 2.45) is 0 Å². The molecule has 0 saturated heterocycles. The number of pyridine rings is 1. The molecule has 1 aromatic carbocycles. The van der Waals surface area contributed by atoms with Crippen LogP contribution in [0.2, 0.25) is 0 Å². The zero-order valence-corrected chi connectivity index (χ0v) is 16.2. The Balaban J connectivity index is 1.81. The standard InChI is InChI=1S/C21H24N4O3/c1-21(2,3)28-20(27)25-18(19(26)24-15-8-10-22-11-9-15)12-14-13-23-17-7-5-4-6-16(14)17/h4-11,13,18,23H,12H2,1-3H3,(H,25,27)(H,22,24,26). The number of aromatic amines is 1. The van der Waals surface area contributed by atoms with Crippen molar-refractivity contribution in [3.05, 3.63) is 60.6 Å². The molecule has 1 atom stereocenters. The summed E-state index contributed by atoms with van der Waals surface area (Å²) in [4.78, 5) is 32.3. The third kappa shape index (κ3) is 5.09. The number of hydrogen-bond donors (Lipinski definition) is 3. The maximum atomic E-state index is 12.9. The number of para-hydroxylation sites is 1. The molecular weight excluding hydrogens is 356 g/mol. The third-order valence-electron chi connectivity index (χ3n) is 4.05. The van der Waals surface area contributed by atoms with Crippen LogP contribution in [0.4, 0.5) is 10.5 Å². The summed E-state index contributed by atoms with van der Waals surface area (Å²) in [6, 6.07) is 10.4. The monoisotopic (exact) mass is 380 g/mol. The predicted octanol–water partition coefficient (Wildman–Crippen LogP) is 3.64. The molecule has 0 bridgehead atoms. The molecule has 3 N–H and O–H groups in total. The summed E-state index contributed by atoms with van der Waals surface area (Å²) in [7, 11) is 0. The average Bonchev–Trinajstić information content (AvgIpc) is 3.03. The van der Waals surface area contributed by atoms with E-state index in [2.05, 4.69) is 20.6 Å². The first-order chi connectivity index (χ1) is 13.3. The minimum absolute atomic E-state index is 0.320. The van der Waals surface area contributed by atoms with Gasteiger partial charge in [0.05, 0.1) is 0 Å². The third-order valence-corrected chi connectivity index (χ3v) is 4.05. The molecule has 2 heterocycles. The van der Waals surface area contributed by atoms with E-state index < -0.39 is 17.7 Å². The molecule has 3 rings (SSSR count). The number of aromatic nitrogens is 2. The first-order valence-corrected chi connectivity index (χ1v) is 9.07. The minimum Gasteiger partial charge on any atom is -0.444 e. The molecule has 0 saturated carbocycles. The number of rotatable bonds is 5. The van der Waals surface area contributed by atoms with E-state index in [0.717, 1.165) is 16.5 Å². The summed E-state index contributed by atoms with van der Waals surface area (Å²) in [6.07, 6.45) is 4.72. The van der Waals surface area contributed by atoms with Crippen LogP contribution in [0.25, 0.3) is 10.9 Å². The van der Waals surface area contributed by atoms with Gasteiger partial charge in [0.2, 0.25) is 5.91 Å². The number of nitrogens with one attached hydrogen (secondary N) is 3. The van der Waals surface area contributed by atoms with Crippen LogP contribution in [0, 0.1) is 0 Å². The summed E-state index contributed by atoms with van der Waals surface area (Å²) in [5.74, 6) is -0.331. The number of fused-ring (bicyclic) bond motifs is 1. The SMILES string of the molecule is CC(C)(C)OC(=O)NC(Cc1c[nH]c2ccccc12)C(=O)Nc1ccncc1. The normalized spacial score (nSPS) is 12.4. The highest BCUT2D eigenvalue weighted by molar-refractivity contribution is 5.97. The maximum Gasteiger partial charge on any atom is 0.408 e. The molecule has 3 aromatic rings. The molecular formula is C21H24N4O3. The highest BCUT2D eigenvalue weighted by Gasteiger charge is 2.25. The fraction of sp³-hybridized carbons (Fsp3) is 0.286. The van der Waals surface area contributed by atoms with Crippen molar-refractivity contribution in [2.75, 3.05) is 5.32 Å². The van der Waals surface area contributed by atoms with Gasteiger partial charge in [0.15, 0.2) is 0 Å². The number of nitrogens with zero attached hydrogens (tertiary/aromatic N) is 1. The van der Waals surface area contributed by atoms with Crippen LogP contribution >= 0.6 is 0 Å². The topological polar surface area (TPSA) is 96.1 Å². The van der Waals surface area contributed by atoms with Gasteiger partial charge >= 0.3 is 6.09 Å². The van der Waals surface area contributed by atoms with Crippen LogP contribution in [0.3, 0.4) is 0 Å². The van der Waals surface area contributed by atoms with Crippen molar-refractivity contribution < 1.29 is 14.3 Å². The number of amides is 2. The molecule has 1 unspecified atom stereocenters. The predicted molar refractivity (Wildman–Crippen MR) is 108 cm³/mol. The Hall–Kier alpha value is -3.35. The molecule has 0 aliphatic heterocycles. The number of hydrogen-bond acceptors (Lipinski definition) is 4. The van der Waals surface area contributed by atoms with Crippen LogP contribution in [-0.4, -0.2) is 33.6 Å². The quantitative estimate of drug-likeness (QED) is 0.630. The second-order valence-corrected chi connectivity index (χ2v) is 7.49. The minimum atomic E-state index is -0.803. The van der Waals surface area contributed by atoms with E-state index in [0.29, 0.717) is 12.1 Å². The van der Waals surface area contributed by atoms with E-state index in [1.54, 1.807) is 45.3 Å². The van der Waals surface area contributed by atoms with Crippen molar-refractivity contribution in [3.63, 3.8) is 0 Å². The molecule has 0 spiro atoms. The van der Waals surface area contributed by atoms with Gasteiger partial charge in [-0.05, 0) is 44.5 Å². The number of carbonyl (C=O) groups excluding carboxylic acids is 2. The van der Waals surface area contributed by atoms with E-state index in [1.807, 2.05) is 30.5 Å². The average molecular weight is 380 g/mol. The van der Waals surface area contributed by atoms with Gasteiger partial charge in [-0.1, -0.05) is 18.2 Å². The summed E-state index contributed by atoms with van der Waals surface area (Å²) < 4.78 is 5.33. The Bertz CT molecular complexity index is 960. The number of carbonyl (C=O) groups is 2. The fourth-order valence-electron chi connectivity index (χ4n) is 2.84. The van der Waals surface area contributed by atoms with E-state index >= 15 is 0 Å². The largest absolute Gasteiger partial charge is 0.444 e. The van der Waals surface area contributed by atoms with Crippen LogP contribution < -0.4 is 10.6 Å². The Morgan fingerprint density at radius 1 is 1.14 bits per heavy atom. The molecule has 7 nitrogen and oxygen atoms in total. The maximum absolute atomic E-state index is 12.9. The van der Waals surface area contributed by atoms with Crippen LogP contribution in [0.1, 0.15) is 26.3 Å². The first kappa shape index (κ1) is 19.4. The fourth-order valence-corrected chi connectivity index (χ4v) is 2.84. The van der Waals surface area contributed by atoms with Crippen molar-refractivity contribution in [1.82, 2.24) is 15.3 Å². The zero-order valence-electron chi connectivity index (χ0n) is 16.2. The lowest BCUT2D eigenvalue weighted by atomic mass is 10.0. The lowest BCUT2D eigenvalue weighted by Gasteiger charge is -2.23. The van der Waals surface area contributed by atoms with Crippen LogP contribution in [0.15, 0.2) is 55.0 Å². The van der Waals surface area contributed by atoms with Crippen molar-refractivity contribution in [2.45, 2.75) is 38.8 Å². The summed E-state index contributed by atoms with van der Waals surface area (Å²) in [5, 5.41) is 6.51. The number of H-pyrrole nitrogens is 1. The van der Waals surface area contributed by atoms with E-state index in [-0.39, 0.29) is 5.91 Å². The van der Waals surface area contributed by atoms with Gasteiger partial charge in [-0.25, -0.2) is 4.79 Å². The second kappa shape index (κ2) is 8.12. The molecule has 2 amide bonds. The van der Waals surface area contributed by atoms with Gasteiger partial charge in [-0.3, -0.25) is 9.78 Å². The molecule has 0 radical (unpaired) electrons. The van der Waals surface area contributed by atoms with Gasteiger partial charge in [-0.15, -0.1) is 0 Å². The number of alkyl carbamates (subject to hydrolysis) is 1. The number of ether oxygens (including phenoxy) is 1. The van der Waals surface area contributed by atoms with Crippen molar-refractivity contribution >= 4 is 28.6 Å². The summed E-state index contributed by atoms with van der Waals surface area (Å²) in [5.41, 5.74) is 1.86. The van der Waals surface area contributed by atoms with E-state index in [4.69, 9.17) is 4.74 Å². The molecule has 146 valence electrons. The molecule has 0 fully saturated rings. The highest BCUT2D eigenvalue weighted by Crippen LogP contribution is 2.20. The van der Waals surface area contributed by atoms with Crippen molar-refractivity contribution in [3.8, 4) is 0 Å². The molecule has 0 aliphatic carbocycles. The highest BCUT2D eigenvalue weighted by atomic mass is 16.6. The Labute approximate surface area is 163 Å². The molecule has 2 aromatic heterocycles. The van der Waals surface area contributed by atoms with Crippen LogP contribution in [-0.2, 0) is 16.0 Å². The lowest BCUT2D eigenvalue weighted by Crippen LogP contribution is -2.47. The van der Waals surface area contributed by atoms with E-state index in [9.17, 15) is 9.59 Å². The summed E-state index contributed by atoms with van der Waals surface area (Å²) >= 11 is 0. The Morgan fingerprint density at radius 2 is 1.86 bits per heavy atom. The van der Waals surface area contributed by atoms with E-state index in [1.165, 1.54) is 0 Å². The van der Waals surface area contributed by atoms with Gasteiger partial charge < -0.3 is 20.4 Å². The second-order valence-electron chi connectivity index (χ2n) is 7.49. The molecule has 28 heavy (non-hydrogen) atoms. The van der Waals surface area contributed by atoms with Crippen LogP contribution in [0.5, 0.6) is 0 Å². The summed E-state index contributed by atoms with van der Waals surface area (Å²) in [6.45, 7) is 5.33. The Morgan fingerprint density at radius 3 is 2.57 bits per heavy atom. The van der Waals surface area contributed by atoms with Gasteiger partial charge in [0.1, 0.15) is 11.6 Å². The van der Waals surface area contributed by atoms with Crippen molar-refractivity contribution in [1.29, 1.82) is 0 Å². The number of benzene rings is 1. The Kier molecular flexibility index (Phi) is 5.63. The lowest BCUT2D eigenvalue weighted by molar-refractivity contribution is -0.118. The smallest absolute Gasteiger partial charge is 0.408 e. The van der Waals surface area contributed by atoms with Gasteiger partial charge in [-0.2, -0.15) is 0 Å². The van der Waals surface area contributed by atoms with Gasteiger partial charge in [0, 0.05) is 41.6 Å². The van der Waals surface area contributed by atoms with Gasteiger partial charge in [0.25, 0.3) is 0 Å². The zero-order chi connectivity index (χ0) is 20.1. The first-order valence-electron chi connectivity index (χ1n) is 9.07. The molecule has 7 heteroatoms.